The van der Waals surface area contributed by atoms with Gasteiger partial charge in [0.1, 0.15) is 0 Å². The zero-order valence-electron chi connectivity index (χ0n) is 7.51. The summed E-state index contributed by atoms with van der Waals surface area (Å²) < 4.78 is 5.18. The SMILES string of the molecule is CCCOCCNCCC(=O)O. The minimum Gasteiger partial charge on any atom is -0.481 e. The van der Waals surface area contributed by atoms with E-state index in [4.69, 9.17) is 9.84 Å². The molecule has 0 amide bonds. The van der Waals surface area contributed by atoms with Gasteiger partial charge in [-0.25, -0.2) is 0 Å². The van der Waals surface area contributed by atoms with Crippen molar-refractivity contribution in [3.63, 3.8) is 0 Å². The summed E-state index contributed by atoms with van der Waals surface area (Å²) >= 11 is 0. The Bertz CT molecular complexity index is 117. The lowest BCUT2D eigenvalue weighted by atomic mass is 10.4. The van der Waals surface area contributed by atoms with E-state index in [1.165, 1.54) is 0 Å². The zero-order chi connectivity index (χ0) is 9.23. The summed E-state index contributed by atoms with van der Waals surface area (Å²) in [5, 5.41) is 11.3. The molecule has 0 heterocycles. The summed E-state index contributed by atoms with van der Waals surface area (Å²) in [6.07, 6.45) is 1.20. The molecule has 0 rings (SSSR count). The number of carbonyl (C=O) groups is 1. The molecule has 0 radical (unpaired) electrons. The molecule has 72 valence electrons. The van der Waals surface area contributed by atoms with Crippen molar-refractivity contribution in [2.24, 2.45) is 0 Å². The molecule has 0 saturated heterocycles. The van der Waals surface area contributed by atoms with Crippen molar-refractivity contribution in [2.75, 3.05) is 26.3 Å². The van der Waals surface area contributed by atoms with Gasteiger partial charge >= 0.3 is 5.97 Å². The molecule has 0 aliphatic heterocycles. The molecule has 0 fully saturated rings. The zero-order valence-corrected chi connectivity index (χ0v) is 7.51. The number of carboxylic acid groups (broad SMARTS) is 1. The minimum absolute atomic E-state index is 0.174. The molecule has 2 N–H and O–H groups in total. The molecule has 0 aromatic carbocycles. The Morgan fingerprint density at radius 3 is 2.75 bits per heavy atom. The third kappa shape index (κ3) is 9.39. The van der Waals surface area contributed by atoms with Crippen LogP contribution in [0.25, 0.3) is 0 Å². The average molecular weight is 175 g/mol. The Morgan fingerprint density at radius 1 is 1.42 bits per heavy atom. The number of aliphatic carboxylic acids is 1. The molecule has 0 unspecified atom stereocenters. The largest absolute Gasteiger partial charge is 0.481 e. The van der Waals surface area contributed by atoms with Gasteiger partial charge in [0.05, 0.1) is 13.0 Å². The highest BCUT2D eigenvalue weighted by Gasteiger charge is 1.94. The van der Waals surface area contributed by atoms with Crippen molar-refractivity contribution < 1.29 is 14.6 Å². The van der Waals surface area contributed by atoms with E-state index in [0.717, 1.165) is 19.6 Å². The third-order valence-electron chi connectivity index (χ3n) is 1.29. The molecule has 0 aliphatic carbocycles. The number of rotatable bonds is 8. The molecule has 0 aromatic rings. The van der Waals surface area contributed by atoms with E-state index in [9.17, 15) is 4.79 Å². The highest BCUT2D eigenvalue weighted by molar-refractivity contribution is 5.66. The number of ether oxygens (including phenoxy) is 1. The van der Waals surface area contributed by atoms with E-state index in [1.807, 2.05) is 0 Å². The number of hydrogen-bond donors (Lipinski definition) is 2. The Balaban J connectivity index is 2.86. The first-order valence-electron chi connectivity index (χ1n) is 4.27. The first-order chi connectivity index (χ1) is 5.77. The number of nitrogens with one attached hydrogen (secondary N) is 1. The van der Waals surface area contributed by atoms with Crippen molar-refractivity contribution >= 4 is 5.97 Å². The third-order valence-corrected chi connectivity index (χ3v) is 1.29. The summed E-state index contributed by atoms with van der Waals surface area (Å²) in [6, 6.07) is 0. The van der Waals surface area contributed by atoms with Gasteiger partial charge in [-0.1, -0.05) is 6.92 Å². The highest BCUT2D eigenvalue weighted by Crippen LogP contribution is 1.79. The van der Waals surface area contributed by atoms with E-state index < -0.39 is 5.97 Å². The van der Waals surface area contributed by atoms with E-state index in [1.54, 1.807) is 0 Å². The fourth-order valence-electron chi connectivity index (χ4n) is 0.711. The molecule has 0 aromatic heterocycles. The van der Waals surface area contributed by atoms with Gasteiger partial charge in [-0.2, -0.15) is 0 Å². The van der Waals surface area contributed by atoms with Crippen LogP contribution in [0.15, 0.2) is 0 Å². The maximum atomic E-state index is 10.1. The lowest BCUT2D eigenvalue weighted by Gasteiger charge is -2.03. The first-order valence-corrected chi connectivity index (χ1v) is 4.27. The van der Waals surface area contributed by atoms with Crippen LogP contribution in [0.3, 0.4) is 0 Å². The minimum atomic E-state index is -0.767. The Hall–Kier alpha value is -0.610. The van der Waals surface area contributed by atoms with Gasteiger partial charge in [-0.05, 0) is 6.42 Å². The quantitative estimate of drug-likeness (QED) is 0.527. The predicted octanol–water partition coefficient (Wildman–Crippen LogP) is 0.477. The summed E-state index contributed by atoms with van der Waals surface area (Å²) in [7, 11) is 0. The van der Waals surface area contributed by atoms with Gasteiger partial charge in [0.25, 0.3) is 0 Å². The molecule has 4 heteroatoms. The van der Waals surface area contributed by atoms with Gasteiger partial charge in [-0.15, -0.1) is 0 Å². The van der Waals surface area contributed by atoms with Crippen LogP contribution < -0.4 is 5.32 Å². The maximum Gasteiger partial charge on any atom is 0.304 e. The summed E-state index contributed by atoms with van der Waals surface area (Å²) in [5.41, 5.74) is 0. The standard InChI is InChI=1S/C8H17NO3/c1-2-6-12-7-5-9-4-3-8(10)11/h9H,2-7H2,1H3,(H,10,11). The maximum absolute atomic E-state index is 10.1. The molecule has 4 nitrogen and oxygen atoms in total. The monoisotopic (exact) mass is 175 g/mol. The Labute approximate surface area is 72.9 Å². The van der Waals surface area contributed by atoms with E-state index in [2.05, 4.69) is 12.2 Å². The van der Waals surface area contributed by atoms with Gasteiger partial charge in [0.2, 0.25) is 0 Å². The second-order valence-electron chi connectivity index (χ2n) is 2.51. The van der Waals surface area contributed by atoms with E-state index in [0.29, 0.717) is 13.2 Å². The number of carboxylic acids is 1. The van der Waals surface area contributed by atoms with Gasteiger partial charge in [0.15, 0.2) is 0 Å². The second-order valence-corrected chi connectivity index (χ2v) is 2.51. The van der Waals surface area contributed by atoms with Crippen LogP contribution in [0, 0.1) is 0 Å². The lowest BCUT2D eigenvalue weighted by Crippen LogP contribution is -2.22. The average Bonchev–Trinajstić information content (AvgIpc) is 2.02. The van der Waals surface area contributed by atoms with Crippen LogP contribution in [0.2, 0.25) is 0 Å². The van der Waals surface area contributed by atoms with Crippen LogP contribution in [0.4, 0.5) is 0 Å². The Kier molecular flexibility index (Phi) is 8.05. The van der Waals surface area contributed by atoms with Gasteiger partial charge in [-0.3, -0.25) is 4.79 Å². The summed E-state index contributed by atoms with van der Waals surface area (Å²) in [5.74, 6) is -0.767. The van der Waals surface area contributed by atoms with Crippen molar-refractivity contribution in [3.05, 3.63) is 0 Å². The molecule has 0 bridgehead atoms. The first kappa shape index (κ1) is 11.4. The van der Waals surface area contributed by atoms with Gasteiger partial charge in [0, 0.05) is 19.7 Å². The molecule has 12 heavy (non-hydrogen) atoms. The highest BCUT2D eigenvalue weighted by atomic mass is 16.5. The lowest BCUT2D eigenvalue weighted by molar-refractivity contribution is -0.136. The topological polar surface area (TPSA) is 58.6 Å². The molecule has 0 aliphatic rings. The van der Waals surface area contributed by atoms with Crippen LogP contribution in [0.5, 0.6) is 0 Å². The van der Waals surface area contributed by atoms with Crippen LogP contribution in [-0.4, -0.2) is 37.4 Å². The molecule has 0 atom stereocenters. The second kappa shape index (κ2) is 8.49. The number of hydrogen-bond acceptors (Lipinski definition) is 3. The predicted molar refractivity (Wildman–Crippen MR) is 46.2 cm³/mol. The van der Waals surface area contributed by atoms with E-state index in [-0.39, 0.29) is 6.42 Å². The fraction of sp³-hybridized carbons (Fsp3) is 0.875. The van der Waals surface area contributed by atoms with Crippen molar-refractivity contribution in [3.8, 4) is 0 Å². The smallest absolute Gasteiger partial charge is 0.304 e. The van der Waals surface area contributed by atoms with Crippen LogP contribution in [-0.2, 0) is 9.53 Å². The Morgan fingerprint density at radius 2 is 2.17 bits per heavy atom. The molecular formula is C8H17NO3. The normalized spacial score (nSPS) is 10.1. The summed E-state index contributed by atoms with van der Waals surface area (Å²) in [4.78, 5) is 10.1. The molecular weight excluding hydrogens is 158 g/mol. The molecule has 0 saturated carbocycles. The summed E-state index contributed by atoms with van der Waals surface area (Å²) in [6.45, 7) is 4.74. The van der Waals surface area contributed by atoms with Crippen LogP contribution in [0.1, 0.15) is 19.8 Å². The van der Waals surface area contributed by atoms with Gasteiger partial charge < -0.3 is 15.2 Å². The van der Waals surface area contributed by atoms with E-state index >= 15 is 0 Å². The van der Waals surface area contributed by atoms with Crippen LogP contribution >= 0.6 is 0 Å². The van der Waals surface area contributed by atoms with Crippen molar-refractivity contribution in [1.82, 2.24) is 5.32 Å². The molecule has 0 spiro atoms. The van der Waals surface area contributed by atoms with Crippen molar-refractivity contribution in [1.29, 1.82) is 0 Å². The fourth-order valence-corrected chi connectivity index (χ4v) is 0.711. The van der Waals surface area contributed by atoms with Crippen molar-refractivity contribution in [2.45, 2.75) is 19.8 Å².